The van der Waals surface area contributed by atoms with E-state index >= 15 is 0 Å². The molecule has 0 fully saturated rings. The molecule has 656 valence electrons. The Hall–Kier alpha value is -0.710. The van der Waals surface area contributed by atoms with Crippen molar-refractivity contribution in [2.24, 2.45) is 0 Å². The van der Waals surface area contributed by atoms with E-state index in [1.54, 1.807) is 9.80 Å². The maximum absolute atomic E-state index is 13.4. The second-order valence-electron chi connectivity index (χ2n) is 31.4. The minimum atomic E-state index is -4.73. The number of phosphoric acid groups is 2. The van der Waals surface area contributed by atoms with Gasteiger partial charge in [-0.15, -0.1) is 0 Å². The molecule has 0 saturated heterocycles. The molecule has 0 aliphatic carbocycles. The number of phosphoric ester groups is 2. The summed E-state index contributed by atoms with van der Waals surface area (Å²) in [4.78, 5) is 91.0. The molecule has 0 aromatic rings. The van der Waals surface area contributed by atoms with Crippen molar-refractivity contribution < 1.29 is 142 Å². The number of amides is 4. The van der Waals surface area contributed by atoms with Crippen LogP contribution < -0.4 is 69.7 Å². The van der Waals surface area contributed by atoms with E-state index < -0.39 is 47.0 Å². The van der Waals surface area contributed by atoms with Gasteiger partial charge in [-0.25, -0.2) is 13.9 Å². The number of carbonyl (C=O) groups excluding carboxylic acids is 5. The van der Waals surface area contributed by atoms with Gasteiger partial charge in [-0.2, -0.15) is 0 Å². The fourth-order valence-electron chi connectivity index (χ4n) is 14.0. The van der Waals surface area contributed by atoms with E-state index in [-0.39, 0.29) is 151 Å². The summed E-state index contributed by atoms with van der Waals surface area (Å²) in [6.07, 6.45) is 62.1. The number of unbranched alkanes of at least 4 members (excludes halogenated alkanes) is 46. The molecule has 0 heterocycles. The molecule has 0 aromatic heterocycles. The first kappa shape index (κ1) is 115. The van der Waals surface area contributed by atoms with Crippen molar-refractivity contribution >= 4 is 45.4 Å². The Morgan fingerprint density at radius 3 is 0.821 bits per heavy atom. The van der Waals surface area contributed by atoms with E-state index in [1.807, 2.05) is 0 Å². The van der Waals surface area contributed by atoms with Crippen molar-refractivity contribution in [2.45, 2.75) is 452 Å². The van der Waals surface area contributed by atoms with E-state index in [0.717, 1.165) is 167 Å². The average molecular weight is 1660 g/mol. The SMILES string of the molecule is CCCCCCCCCCCCCCN(C(C)=O)C(COCC[C@@H](CCCCCCC)OC(=O)CCCCCCCCCCC)COP(=O)(O)OCCNC(=O)NCCOP(=O)(O)OC[C@@H](COCC[C@@H](CCCCCCC)OC(=O)CCCCCCCCCCC)N(CCCCCCCCCCCCCC)C(C)=O.[H-].[H-].[Na+].[Na+]. The molecule has 112 heavy (non-hydrogen) atoms. The topological polar surface area (TPSA) is 264 Å². The van der Waals surface area contributed by atoms with Gasteiger partial charge in [-0.05, 0) is 51.4 Å². The van der Waals surface area contributed by atoms with Crippen LogP contribution in [0.5, 0.6) is 0 Å². The number of esters is 2. The maximum Gasteiger partial charge on any atom is 1.00 e. The predicted molar refractivity (Wildman–Crippen MR) is 453 cm³/mol. The zero-order chi connectivity index (χ0) is 80.9. The monoisotopic (exact) mass is 1660 g/mol. The minimum Gasteiger partial charge on any atom is -1.00 e. The van der Waals surface area contributed by atoms with Crippen LogP contribution in [-0.2, 0) is 65.4 Å². The Labute approximate surface area is 733 Å². The number of nitrogens with zero attached hydrogens (tertiary/aromatic N) is 2. The molecule has 6 atom stereocenters. The molecule has 0 radical (unpaired) electrons. The molecule has 4 N–H and O–H groups in total. The molecular formula is C87H174N4Na2O17P2. The molecule has 4 amide bonds. The summed E-state index contributed by atoms with van der Waals surface area (Å²) >= 11 is 0. The number of rotatable bonds is 86. The smallest absolute Gasteiger partial charge is 1.00 e. The molecule has 25 heteroatoms. The van der Waals surface area contributed by atoms with Gasteiger partial charge in [0.25, 0.3) is 0 Å². The van der Waals surface area contributed by atoms with Crippen LogP contribution in [0.2, 0.25) is 0 Å². The van der Waals surface area contributed by atoms with Crippen molar-refractivity contribution in [2.75, 3.05) is 79.0 Å². The third kappa shape index (κ3) is 76.7. The number of ether oxygens (including phenoxy) is 4. The molecule has 21 nitrogen and oxygen atoms in total. The molecule has 0 rings (SSSR count). The Morgan fingerprint density at radius 2 is 0.562 bits per heavy atom. The van der Waals surface area contributed by atoms with Crippen molar-refractivity contribution in [3.8, 4) is 0 Å². The van der Waals surface area contributed by atoms with E-state index in [2.05, 4.69) is 52.2 Å². The number of hydrogen-bond acceptors (Lipinski definition) is 15. The van der Waals surface area contributed by atoms with Crippen LogP contribution in [0, 0.1) is 0 Å². The van der Waals surface area contributed by atoms with Gasteiger partial charge in [-0.1, -0.05) is 337 Å². The van der Waals surface area contributed by atoms with Crippen LogP contribution in [0.25, 0.3) is 0 Å². The maximum atomic E-state index is 13.4. The zero-order valence-corrected chi connectivity index (χ0v) is 79.9. The fourth-order valence-corrected chi connectivity index (χ4v) is 15.6. The summed E-state index contributed by atoms with van der Waals surface area (Å²) in [7, 11) is -9.46. The van der Waals surface area contributed by atoms with Crippen LogP contribution in [-0.4, -0.2) is 153 Å². The molecule has 0 spiro atoms. The Bertz CT molecular complexity index is 2090. The van der Waals surface area contributed by atoms with E-state index in [9.17, 15) is 42.9 Å². The van der Waals surface area contributed by atoms with Gasteiger partial charge in [0.2, 0.25) is 11.8 Å². The molecular weight excluding hydrogens is 1480 g/mol. The van der Waals surface area contributed by atoms with Crippen molar-refractivity contribution in [1.82, 2.24) is 20.4 Å². The van der Waals surface area contributed by atoms with Crippen LogP contribution in [0.15, 0.2) is 0 Å². The molecule has 3 unspecified atom stereocenters. The van der Waals surface area contributed by atoms with Crippen LogP contribution in [0.1, 0.15) is 431 Å². The first-order valence-corrected chi connectivity index (χ1v) is 48.7. The standard InChI is InChI=1S/C87H172N4O17P2.2Na.2H/c1-9-15-21-27-31-35-37-39-43-47-53-59-69-90(79(7)92)81(75-101-71-65-83(61-55-49-25-19-13-5)107-85(94)63-57-51-45-41-33-29-23-17-11-3)77-105-109(97,98)103-73-67-88-87(96)89-68-74-104-110(99,100)106-78-82(91(80(8)93)70-60-54-48-44-40-38-36-32-28-22-16-10-2)76-102-72-66-84(62-56-50-26-20-14-6)108-86(95)64-58-52-46-42-34-30-24-18-12-4;;;;/h81-84H,9-78H2,1-8H3,(H,97,98)(H,99,100)(H2,88,89,96);;;;/q;2*+1;2*-1/t81-,82?,83-,84-;;;;/m1..../s1. The summed E-state index contributed by atoms with van der Waals surface area (Å²) in [6, 6.07) is -2.18. The Kier molecular flexibility index (Phi) is 87.9. The van der Waals surface area contributed by atoms with Gasteiger partial charge in [0.1, 0.15) is 12.2 Å². The normalized spacial score (nSPS) is 13.6. The van der Waals surface area contributed by atoms with E-state index in [0.29, 0.717) is 38.8 Å². The van der Waals surface area contributed by atoms with Gasteiger partial charge >= 0.3 is 92.7 Å². The van der Waals surface area contributed by atoms with E-state index in [4.69, 9.17) is 37.0 Å². The van der Waals surface area contributed by atoms with Crippen LogP contribution >= 0.6 is 15.6 Å². The van der Waals surface area contributed by atoms with E-state index in [1.165, 1.54) is 194 Å². The average Bonchev–Trinajstić information content (AvgIpc) is 0.882. The van der Waals surface area contributed by atoms with Gasteiger partial charge in [0.15, 0.2) is 0 Å². The summed E-state index contributed by atoms with van der Waals surface area (Å²) in [5, 5.41) is 5.06. The first-order valence-electron chi connectivity index (χ1n) is 45.7. The summed E-state index contributed by atoms with van der Waals surface area (Å²) in [5.74, 6) is -0.829. The third-order valence-electron chi connectivity index (χ3n) is 21.0. The fraction of sp³-hybridized carbons (Fsp3) is 0.943. The molecule has 0 aliphatic heterocycles. The molecule has 0 bridgehead atoms. The van der Waals surface area contributed by atoms with Crippen molar-refractivity contribution in [3.05, 3.63) is 0 Å². The van der Waals surface area contributed by atoms with Gasteiger partial charge in [-0.3, -0.25) is 37.3 Å². The second-order valence-corrected chi connectivity index (χ2v) is 34.3. The molecule has 0 aromatic carbocycles. The second kappa shape index (κ2) is 85.3. The third-order valence-corrected chi connectivity index (χ3v) is 22.9. The minimum absolute atomic E-state index is 0. The Morgan fingerprint density at radius 1 is 0.321 bits per heavy atom. The molecule has 0 aliphatic rings. The number of nitrogens with one attached hydrogen (secondary N) is 2. The number of urea groups is 1. The largest absolute Gasteiger partial charge is 1.00 e. The van der Waals surface area contributed by atoms with Crippen molar-refractivity contribution in [3.63, 3.8) is 0 Å². The van der Waals surface area contributed by atoms with Crippen molar-refractivity contribution in [1.29, 1.82) is 0 Å². The Balaban J connectivity index is -0.00000990. The quantitative estimate of drug-likeness (QED) is 0.0191. The number of carbonyl (C=O) groups is 5. The summed E-state index contributed by atoms with van der Waals surface area (Å²) in [6.45, 7) is 15.5. The zero-order valence-electron chi connectivity index (χ0n) is 76.1. The first-order chi connectivity index (χ1) is 53.4. The van der Waals surface area contributed by atoms with Gasteiger partial charge in [0.05, 0.1) is 64.9 Å². The van der Waals surface area contributed by atoms with Crippen LogP contribution in [0.4, 0.5) is 4.79 Å². The number of hydrogen-bond donors (Lipinski definition) is 4. The van der Waals surface area contributed by atoms with Gasteiger partial charge in [0, 0.05) is 65.7 Å². The summed E-state index contributed by atoms with van der Waals surface area (Å²) < 4.78 is 73.1. The van der Waals surface area contributed by atoms with Crippen LogP contribution in [0.3, 0.4) is 0 Å². The predicted octanol–water partition coefficient (Wildman–Crippen LogP) is 17.8. The summed E-state index contributed by atoms with van der Waals surface area (Å²) in [5.41, 5.74) is 0. The molecule has 0 saturated carbocycles. The van der Waals surface area contributed by atoms with Gasteiger partial charge < -0.3 is 52.0 Å².